The predicted molar refractivity (Wildman–Crippen MR) is 70.6 cm³/mol. The Morgan fingerprint density at radius 2 is 2.26 bits per heavy atom. The molecule has 2 N–H and O–H groups in total. The molecular weight excluding hydrogens is 268 g/mol. The Bertz CT molecular complexity index is 544. The highest BCUT2D eigenvalue weighted by Crippen LogP contribution is 2.25. The molecule has 1 unspecified atom stereocenters. The van der Waals surface area contributed by atoms with E-state index >= 15 is 0 Å². The van der Waals surface area contributed by atoms with E-state index in [0.29, 0.717) is 28.9 Å². The number of hydrogen-bond donors (Lipinski definition) is 1. The molecule has 2 rings (SSSR count). The van der Waals surface area contributed by atoms with Crippen LogP contribution in [-0.4, -0.2) is 27.8 Å². The second kappa shape index (κ2) is 6.10. The molecule has 0 aromatic carbocycles. The molecular formula is C12H15ClN4O2. The van der Waals surface area contributed by atoms with Crippen molar-refractivity contribution in [2.45, 2.75) is 26.0 Å². The number of hydrogen-bond acceptors (Lipinski definition) is 6. The van der Waals surface area contributed by atoms with E-state index in [0.717, 1.165) is 0 Å². The quantitative estimate of drug-likeness (QED) is 0.905. The number of aromatic nitrogens is 3. The van der Waals surface area contributed by atoms with Gasteiger partial charge in [-0.25, -0.2) is 0 Å². The molecule has 0 aliphatic heterocycles. The van der Waals surface area contributed by atoms with E-state index < -0.39 is 6.04 Å². The first-order valence-electron chi connectivity index (χ1n) is 5.88. The summed E-state index contributed by atoms with van der Waals surface area (Å²) in [5.41, 5.74) is 6.55. The molecule has 6 nitrogen and oxygen atoms in total. The minimum absolute atomic E-state index is 0.104. The fraction of sp³-hybridized carbons (Fsp3) is 0.417. The smallest absolute Gasteiger partial charge is 0.259 e. The van der Waals surface area contributed by atoms with E-state index in [1.54, 1.807) is 12.3 Å². The van der Waals surface area contributed by atoms with Gasteiger partial charge < -0.3 is 15.0 Å². The van der Waals surface area contributed by atoms with Crippen molar-refractivity contribution in [3.8, 4) is 11.5 Å². The van der Waals surface area contributed by atoms with Gasteiger partial charge in [-0.05, 0) is 19.9 Å². The van der Waals surface area contributed by atoms with Crippen molar-refractivity contribution in [3.63, 3.8) is 0 Å². The molecule has 0 aliphatic carbocycles. The van der Waals surface area contributed by atoms with Gasteiger partial charge in [-0.1, -0.05) is 16.8 Å². The van der Waals surface area contributed by atoms with Gasteiger partial charge in [-0.3, -0.25) is 4.98 Å². The predicted octanol–water partition coefficient (Wildman–Crippen LogP) is 2.21. The Morgan fingerprint density at radius 3 is 2.95 bits per heavy atom. The third-order valence-corrected chi connectivity index (χ3v) is 2.69. The summed E-state index contributed by atoms with van der Waals surface area (Å²) in [5, 5.41) is 4.29. The van der Waals surface area contributed by atoms with Gasteiger partial charge in [-0.2, -0.15) is 4.98 Å². The lowest BCUT2D eigenvalue weighted by molar-refractivity contribution is 0.0665. The number of nitrogens with zero attached hydrogens (tertiary/aromatic N) is 3. The van der Waals surface area contributed by atoms with Crippen LogP contribution >= 0.6 is 11.6 Å². The van der Waals surface area contributed by atoms with E-state index in [1.165, 1.54) is 6.20 Å². The molecule has 2 aromatic heterocycles. The number of rotatable bonds is 5. The highest BCUT2D eigenvalue weighted by atomic mass is 35.5. The fourth-order valence-corrected chi connectivity index (χ4v) is 1.61. The summed E-state index contributed by atoms with van der Waals surface area (Å²) >= 11 is 6.00. The van der Waals surface area contributed by atoms with Gasteiger partial charge in [0.2, 0.25) is 0 Å². The maximum atomic E-state index is 6.00. The molecule has 0 amide bonds. The Kier molecular flexibility index (Phi) is 4.47. The lowest BCUT2D eigenvalue weighted by Gasteiger charge is -2.10. The highest BCUT2D eigenvalue weighted by Gasteiger charge is 2.17. The number of nitrogens with two attached hydrogens (primary N) is 1. The van der Waals surface area contributed by atoms with Gasteiger partial charge in [0.05, 0.1) is 29.3 Å². The lowest BCUT2D eigenvalue weighted by Crippen LogP contribution is -2.20. The summed E-state index contributed by atoms with van der Waals surface area (Å²) in [6.07, 6.45) is 3.22. The van der Waals surface area contributed by atoms with Gasteiger partial charge in [0.25, 0.3) is 5.89 Å². The van der Waals surface area contributed by atoms with Crippen LogP contribution in [0.4, 0.5) is 0 Å². The van der Waals surface area contributed by atoms with Crippen molar-refractivity contribution in [1.82, 2.24) is 15.1 Å². The summed E-state index contributed by atoms with van der Waals surface area (Å²) in [4.78, 5) is 8.12. The van der Waals surface area contributed by atoms with Gasteiger partial charge in [0.1, 0.15) is 0 Å². The Balaban J connectivity index is 2.13. The lowest BCUT2D eigenvalue weighted by atomic mass is 10.2. The van der Waals surface area contributed by atoms with E-state index in [4.69, 9.17) is 26.6 Å². The first-order chi connectivity index (χ1) is 9.08. The van der Waals surface area contributed by atoms with Gasteiger partial charge >= 0.3 is 0 Å². The van der Waals surface area contributed by atoms with Crippen LogP contribution in [-0.2, 0) is 4.74 Å². The Labute approximate surface area is 115 Å². The van der Waals surface area contributed by atoms with Crippen LogP contribution in [0.15, 0.2) is 23.0 Å². The maximum Gasteiger partial charge on any atom is 0.259 e. The second-order valence-electron chi connectivity index (χ2n) is 4.30. The number of pyridine rings is 1. The zero-order valence-electron chi connectivity index (χ0n) is 10.7. The van der Waals surface area contributed by atoms with Crippen molar-refractivity contribution in [2.75, 3.05) is 6.61 Å². The zero-order chi connectivity index (χ0) is 13.8. The molecule has 0 aliphatic rings. The summed E-state index contributed by atoms with van der Waals surface area (Å²) < 4.78 is 10.6. The van der Waals surface area contributed by atoms with Gasteiger partial charge in [0.15, 0.2) is 5.82 Å². The summed E-state index contributed by atoms with van der Waals surface area (Å²) in [6, 6.07) is 1.27. The SMILES string of the molecule is CC(C)OCC(N)c1noc(-c2ccncc2Cl)n1. The van der Waals surface area contributed by atoms with E-state index in [-0.39, 0.29) is 6.10 Å². The van der Waals surface area contributed by atoms with Crippen molar-refractivity contribution >= 4 is 11.6 Å². The molecule has 0 saturated carbocycles. The van der Waals surface area contributed by atoms with Crippen molar-refractivity contribution in [3.05, 3.63) is 29.3 Å². The second-order valence-corrected chi connectivity index (χ2v) is 4.71. The number of ether oxygens (including phenoxy) is 1. The summed E-state index contributed by atoms with van der Waals surface area (Å²) in [5.74, 6) is 0.714. The molecule has 19 heavy (non-hydrogen) atoms. The first-order valence-corrected chi connectivity index (χ1v) is 6.26. The van der Waals surface area contributed by atoms with Crippen molar-refractivity contribution in [1.29, 1.82) is 0 Å². The Hall–Kier alpha value is -1.50. The molecule has 0 bridgehead atoms. The van der Waals surface area contributed by atoms with E-state index in [2.05, 4.69) is 15.1 Å². The molecule has 7 heteroatoms. The number of halogens is 1. The average Bonchev–Trinajstić information content (AvgIpc) is 2.86. The van der Waals surface area contributed by atoms with Gasteiger partial charge in [-0.15, -0.1) is 0 Å². The molecule has 102 valence electrons. The maximum absolute atomic E-state index is 6.00. The molecule has 0 fully saturated rings. The van der Waals surface area contributed by atoms with Crippen molar-refractivity contribution in [2.24, 2.45) is 5.73 Å². The molecule has 2 aromatic rings. The summed E-state index contributed by atoms with van der Waals surface area (Å²) in [6.45, 7) is 4.21. The van der Waals surface area contributed by atoms with Crippen LogP contribution in [0.1, 0.15) is 25.7 Å². The third-order valence-electron chi connectivity index (χ3n) is 2.39. The third kappa shape index (κ3) is 3.50. The monoisotopic (exact) mass is 282 g/mol. The largest absolute Gasteiger partial charge is 0.377 e. The molecule has 0 saturated heterocycles. The first kappa shape index (κ1) is 13.9. The minimum atomic E-state index is -0.430. The van der Waals surface area contributed by atoms with Crippen LogP contribution in [0.25, 0.3) is 11.5 Å². The Morgan fingerprint density at radius 1 is 1.47 bits per heavy atom. The van der Waals surface area contributed by atoms with Crippen LogP contribution < -0.4 is 5.73 Å². The zero-order valence-corrected chi connectivity index (χ0v) is 11.5. The van der Waals surface area contributed by atoms with Crippen LogP contribution in [0.5, 0.6) is 0 Å². The van der Waals surface area contributed by atoms with Crippen LogP contribution in [0.2, 0.25) is 5.02 Å². The molecule has 0 radical (unpaired) electrons. The van der Waals surface area contributed by atoms with E-state index in [1.807, 2.05) is 13.8 Å². The minimum Gasteiger partial charge on any atom is -0.377 e. The normalized spacial score (nSPS) is 12.9. The molecule has 0 spiro atoms. The topological polar surface area (TPSA) is 87.1 Å². The van der Waals surface area contributed by atoms with Crippen LogP contribution in [0, 0.1) is 0 Å². The summed E-state index contributed by atoms with van der Waals surface area (Å²) in [7, 11) is 0. The molecule has 1 atom stereocenters. The average molecular weight is 283 g/mol. The fourth-order valence-electron chi connectivity index (χ4n) is 1.41. The highest BCUT2D eigenvalue weighted by molar-refractivity contribution is 6.32. The van der Waals surface area contributed by atoms with Crippen molar-refractivity contribution < 1.29 is 9.26 Å². The van der Waals surface area contributed by atoms with Crippen LogP contribution in [0.3, 0.4) is 0 Å². The molecule has 2 heterocycles. The standard InChI is InChI=1S/C12H15ClN4O2/c1-7(2)18-6-10(14)11-16-12(19-17-11)8-3-4-15-5-9(8)13/h3-5,7,10H,6,14H2,1-2H3. The van der Waals surface area contributed by atoms with Gasteiger partial charge in [0, 0.05) is 12.4 Å². The van der Waals surface area contributed by atoms with E-state index in [9.17, 15) is 0 Å².